The number of aryl methyl sites for hydroxylation is 1. The third-order valence-electron chi connectivity index (χ3n) is 2.81. The molecule has 0 aliphatic rings. The zero-order valence-corrected chi connectivity index (χ0v) is 13.4. The summed E-state index contributed by atoms with van der Waals surface area (Å²) in [5, 5.41) is 14.9. The third-order valence-corrected chi connectivity index (χ3v) is 4.12. The molecule has 0 unspecified atom stereocenters. The Labute approximate surface area is 140 Å². The van der Waals surface area contributed by atoms with Gasteiger partial charge in [-0.15, -0.1) is 11.3 Å². The normalized spacial score (nSPS) is 10.2. The Morgan fingerprint density at radius 2 is 2.13 bits per heavy atom. The van der Waals surface area contributed by atoms with Crippen molar-refractivity contribution in [2.24, 2.45) is 0 Å². The predicted molar refractivity (Wildman–Crippen MR) is 86.1 cm³/mol. The van der Waals surface area contributed by atoms with E-state index in [-0.39, 0.29) is 16.4 Å². The first-order chi connectivity index (χ1) is 10.9. The Morgan fingerprint density at radius 3 is 2.74 bits per heavy atom. The number of rotatable bonds is 5. The van der Waals surface area contributed by atoms with Crippen LogP contribution in [0.1, 0.15) is 15.2 Å². The number of hydrogen-bond acceptors (Lipinski definition) is 6. The van der Waals surface area contributed by atoms with E-state index in [0.29, 0.717) is 4.88 Å². The fourth-order valence-electron chi connectivity index (χ4n) is 1.71. The molecule has 0 fully saturated rings. The van der Waals surface area contributed by atoms with Crippen LogP contribution in [0.4, 0.5) is 11.4 Å². The minimum absolute atomic E-state index is 0.0346. The van der Waals surface area contributed by atoms with Gasteiger partial charge in [0.25, 0.3) is 11.6 Å². The van der Waals surface area contributed by atoms with E-state index in [9.17, 15) is 19.7 Å². The number of nitrogens with one attached hydrogen (secondary N) is 1. The van der Waals surface area contributed by atoms with E-state index in [1.807, 2.05) is 0 Å². The van der Waals surface area contributed by atoms with Crippen LogP contribution in [0, 0.1) is 17.0 Å². The summed E-state index contributed by atoms with van der Waals surface area (Å²) < 4.78 is 4.90. The molecule has 2 aromatic rings. The molecule has 9 heteroatoms. The first kappa shape index (κ1) is 16.9. The van der Waals surface area contributed by atoms with Gasteiger partial charge in [-0.2, -0.15) is 0 Å². The number of halogens is 1. The summed E-state index contributed by atoms with van der Waals surface area (Å²) in [5.41, 5.74) is 0.638. The van der Waals surface area contributed by atoms with Gasteiger partial charge >= 0.3 is 5.97 Å². The maximum atomic E-state index is 11.8. The topological polar surface area (TPSA) is 98.5 Å². The highest BCUT2D eigenvalue weighted by molar-refractivity contribution is 7.12. The molecule has 23 heavy (non-hydrogen) atoms. The van der Waals surface area contributed by atoms with Crippen molar-refractivity contribution < 1.29 is 19.2 Å². The highest BCUT2D eigenvalue weighted by Gasteiger charge is 2.16. The van der Waals surface area contributed by atoms with Crippen LogP contribution >= 0.6 is 22.9 Å². The van der Waals surface area contributed by atoms with E-state index in [1.54, 1.807) is 18.4 Å². The Morgan fingerprint density at radius 1 is 1.39 bits per heavy atom. The number of amides is 1. The summed E-state index contributed by atoms with van der Waals surface area (Å²) in [5.74, 6) is -1.20. The van der Waals surface area contributed by atoms with Crippen molar-refractivity contribution in [1.29, 1.82) is 0 Å². The highest BCUT2D eigenvalue weighted by Crippen LogP contribution is 2.27. The van der Waals surface area contributed by atoms with Crippen LogP contribution < -0.4 is 5.32 Å². The molecule has 120 valence electrons. The van der Waals surface area contributed by atoms with Crippen molar-refractivity contribution in [2.45, 2.75) is 6.92 Å². The number of nitro groups is 1. The van der Waals surface area contributed by atoms with Crippen LogP contribution in [0.15, 0.2) is 29.6 Å². The van der Waals surface area contributed by atoms with E-state index in [0.717, 1.165) is 11.6 Å². The third kappa shape index (κ3) is 4.27. The molecule has 7 nitrogen and oxygen atoms in total. The van der Waals surface area contributed by atoms with Crippen LogP contribution in [0.5, 0.6) is 0 Å². The smallest absolute Gasteiger partial charge is 0.349 e. The molecule has 0 aliphatic carbocycles. The lowest BCUT2D eigenvalue weighted by molar-refractivity contribution is -0.384. The fraction of sp³-hybridized carbons (Fsp3) is 0.143. The summed E-state index contributed by atoms with van der Waals surface area (Å²) in [6, 6.07) is 5.62. The first-order valence-corrected chi connectivity index (χ1v) is 7.59. The number of thiophene rings is 1. The summed E-state index contributed by atoms with van der Waals surface area (Å²) in [6.45, 7) is 1.27. The summed E-state index contributed by atoms with van der Waals surface area (Å²) in [6.07, 6.45) is 0. The molecule has 0 aliphatic heterocycles. The molecule has 0 spiro atoms. The van der Waals surface area contributed by atoms with E-state index in [1.165, 1.54) is 23.5 Å². The molecule has 0 bridgehead atoms. The number of nitro benzene ring substituents is 1. The molecule has 1 aromatic carbocycles. The van der Waals surface area contributed by atoms with Crippen molar-refractivity contribution >= 4 is 46.2 Å². The monoisotopic (exact) mass is 354 g/mol. The molecule has 0 radical (unpaired) electrons. The van der Waals surface area contributed by atoms with Crippen LogP contribution in [0.3, 0.4) is 0 Å². The molecule has 2 rings (SSSR count). The van der Waals surface area contributed by atoms with Gasteiger partial charge in [0.15, 0.2) is 6.61 Å². The first-order valence-electron chi connectivity index (χ1n) is 6.33. The molecular formula is C14H11ClN2O5S. The predicted octanol–water partition coefficient (Wildman–Crippen LogP) is 3.41. The number of carbonyl (C=O) groups excluding carboxylic acids is 2. The minimum atomic E-state index is -0.655. The van der Waals surface area contributed by atoms with Gasteiger partial charge in [0.05, 0.1) is 4.92 Å². The summed E-state index contributed by atoms with van der Waals surface area (Å²) >= 11 is 6.90. The largest absolute Gasteiger partial charge is 0.451 e. The van der Waals surface area contributed by atoms with Crippen molar-refractivity contribution in [3.05, 3.63) is 55.2 Å². The van der Waals surface area contributed by atoms with Gasteiger partial charge in [-0.05, 0) is 36.1 Å². The highest BCUT2D eigenvalue weighted by atomic mass is 35.5. The second-order valence-corrected chi connectivity index (χ2v) is 5.80. The van der Waals surface area contributed by atoms with Crippen LogP contribution in [0.2, 0.25) is 5.02 Å². The Balaban J connectivity index is 1.95. The molecule has 1 amide bonds. The van der Waals surface area contributed by atoms with Gasteiger partial charge in [0.2, 0.25) is 0 Å². The SMILES string of the molecule is Cc1ccsc1C(=O)OCC(=O)Nc1ccc(Cl)c([N+](=O)[O-])c1. The Kier molecular flexibility index (Phi) is 5.30. The maximum Gasteiger partial charge on any atom is 0.349 e. The number of hydrogen-bond donors (Lipinski definition) is 1. The lowest BCUT2D eigenvalue weighted by atomic mass is 10.3. The summed E-state index contributed by atoms with van der Waals surface area (Å²) in [7, 11) is 0. The van der Waals surface area contributed by atoms with Crippen molar-refractivity contribution in [3.8, 4) is 0 Å². The van der Waals surface area contributed by atoms with Gasteiger partial charge in [-0.3, -0.25) is 14.9 Å². The summed E-state index contributed by atoms with van der Waals surface area (Å²) in [4.78, 5) is 34.1. The van der Waals surface area contributed by atoms with E-state index in [2.05, 4.69) is 5.32 Å². The van der Waals surface area contributed by atoms with Crippen molar-refractivity contribution in [3.63, 3.8) is 0 Å². The zero-order chi connectivity index (χ0) is 17.0. The molecule has 1 aromatic heterocycles. The second kappa shape index (κ2) is 7.21. The van der Waals surface area contributed by atoms with Gasteiger partial charge in [0, 0.05) is 11.8 Å². The number of benzene rings is 1. The second-order valence-electron chi connectivity index (χ2n) is 4.48. The molecular weight excluding hydrogens is 344 g/mol. The lowest BCUT2D eigenvalue weighted by Crippen LogP contribution is -2.20. The average molecular weight is 355 g/mol. The van der Waals surface area contributed by atoms with Gasteiger partial charge in [-0.1, -0.05) is 11.6 Å². The molecule has 0 saturated carbocycles. The van der Waals surface area contributed by atoms with E-state index in [4.69, 9.17) is 16.3 Å². The average Bonchev–Trinajstić information content (AvgIpc) is 2.92. The van der Waals surface area contributed by atoms with Crippen LogP contribution in [0.25, 0.3) is 0 Å². The zero-order valence-electron chi connectivity index (χ0n) is 11.9. The molecule has 1 heterocycles. The number of nitrogens with zero attached hydrogens (tertiary/aromatic N) is 1. The van der Waals surface area contributed by atoms with Gasteiger partial charge in [0.1, 0.15) is 9.90 Å². The molecule has 0 atom stereocenters. The van der Waals surface area contributed by atoms with E-state index < -0.39 is 23.4 Å². The minimum Gasteiger partial charge on any atom is -0.451 e. The Hall–Kier alpha value is -2.45. The van der Waals surface area contributed by atoms with Gasteiger partial charge in [-0.25, -0.2) is 4.79 Å². The van der Waals surface area contributed by atoms with Crippen molar-refractivity contribution in [1.82, 2.24) is 0 Å². The number of ether oxygens (including phenoxy) is 1. The number of carbonyl (C=O) groups is 2. The molecule has 1 N–H and O–H groups in total. The number of esters is 1. The van der Waals surface area contributed by atoms with Gasteiger partial charge < -0.3 is 10.1 Å². The maximum absolute atomic E-state index is 11.8. The van der Waals surface area contributed by atoms with E-state index >= 15 is 0 Å². The molecule has 0 saturated heterocycles. The standard InChI is InChI=1S/C14H11ClN2O5S/c1-8-4-5-23-13(8)14(19)22-7-12(18)16-9-2-3-10(15)11(6-9)17(20)21/h2-6H,7H2,1H3,(H,16,18). The Bertz CT molecular complexity index is 774. The van der Waals surface area contributed by atoms with Crippen molar-refractivity contribution in [2.75, 3.05) is 11.9 Å². The quantitative estimate of drug-likeness (QED) is 0.504. The van der Waals surface area contributed by atoms with Crippen LogP contribution in [-0.2, 0) is 9.53 Å². The lowest BCUT2D eigenvalue weighted by Gasteiger charge is -2.06. The fourth-order valence-corrected chi connectivity index (χ4v) is 2.71. The number of anilines is 1. The van der Waals surface area contributed by atoms with Crippen LogP contribution in [-0.4, -0.2) is 23.4 Å².